The maximum Gasteiger partial charge on any atom is 0.430 e. The van der Waals surface area contributed by atoms with Crippen molar-refractivity contribution in [1.29, 1.82) is 0 Å². The van der Waals surface area contributed by atoms with Crippen LogP contribution in [0.25, 0.3) is 10.8 Å². The number of halogens is 6. The van der Waals surface area contributed by atoms with E-state index in [1.165, 1.54) is 92.1 Å². The van der Waals surface area contributed by atoms with Gasteiger partial charge in [-0.25, -0.2) is 0 Å². The molecule has 0 heterocycles. The largest absolute Gasteiger partial charge is 0.508 e. The van der Waals surface area contributed by atoms with E-state index in [4.69, 9.17) is 48.5 Å². The van der Waals surface area contributed by atoms with Crippen molar-refractivity contribution in [2.45, 2.75) is 462 Å². The number of esters is 7. The monoisotopic (exact) mass is 2070 g/mol. The molecular formula is C122H190F6O19. The Labute approximate surface area is 879 Å². The van der Waals surface area contributed by atoms with Gasteiger partial charge in [-0.15, -0.1) is 0 Å². The molecule has 4 fully saturated rings. The number of phenols is 4. The zero-order valence-corrected chi connectivity index (χ0v) is 95.2. The van der Waals surface area contributed by atoms with E-state index in [1.54, 1.807) is 69.3 Å². The standard InChI is InChI=1S/C16H30O2.C15H16F6O3.3C14H26O2.C14H16O.2C12H16O3.C10H14O.CH4/c1-7-14(3,4)13(17)18-16(11-9-10-12-16)15(5,6)8-2;1-4-12(2,3)11(22)24-10-7-5-9(6-8-10)13(23,14(16,17)18)15(19,20)21;3*1-6-13(4,5)12(15)16-14(11(2)3)9-7-8-10-14;1-3-10(2)11-4-5-13-9-14(15)7-6-12(13)8-11;2*1-4-12(2,3)11(14)15-10-7-5-9(13)6-8-10;1-3-8(2)9-4-6-10(11)7-5-9;/h7-12H2,1-6H3;5-8,23H,4H2,1-3H3;3*11H,6-10H2,1-5H3;4-10,15H,3H2,1-2H3;2*5-8,13H,4H2,1-3H3;4-8,11H,3H2,1-2H3;1H4. The highest BCUT2D eigenvalue weighted by atomic mass is 19.4. The van der Waals surface area contributed by atoms with E-state index in [-0.39, 0.29) is 110 Å². The molecule has 10 rings (SSSR count). The van der Waals surface area contributed by atoms with Crippen molar-refractivity contribution in [3.63, 3.8) is 0 Å². The summed E-state index contributed by atoms with van der Waals surface area (Å²) in [6, 6.07) is 34.0. The number of aromatic hydroxyl groups is 4. The highest BCUT2D eigenvalue weighted by Gasteiger charge is 2.71. The lowest BCUT2D eigenvalue weighted by Gasteiger charge is -2.44. The second-order valence-corrected chi connectivity index (χ2v) is 46.3. The molecule has 4 saturated carbocycles. The molecule has 25 heteroatoms. The Bertz CT molecular complexity index is 4720. The van der Waals surface area contributed by atoms with E-state index in [0.29, 0.717) is 71.1 Å². The number of phenolic OH excluding ortho intramolecular Hbond substituents is 4. The highest BCUT2D eigenvalue weighted by Crippen LogP contribution is 2.53. The van der Waals surface area contributed by atoms with Crippen molar-refractivity contribution >= 4 is 52.6 Å². The van der Waals surface area contributed by atoms with Gasteiger partial charge >= 0.3 is 54.1 Å². The fraction of sp³-hybridized carbons (Fsp3) is 0.664. The van der Waals surface area contributed by atoms with Crippen LogP contribution in [0.2, 0.25) is 0 Å². The van der Waals surface area contributed by atoms with Crippen molar-refractivity contribution in [3.05, 3.63) is 150 Å². The lowest BCUT2D eigenvalue weighted by Crippen LogP contribution is -2.53. The van der Waals surface area contributed by atoms with E-state index in [2.05, 4.69) is 108 Å². The molecule has 19 nitrogen and oxygen atoms in total. The molecule has 147 heavy (non-hydrogen) atoms. The third-order valence-corrected chi connectivity index (χ3v) is 31.8. The first-order valence-electron chi connectivity index (χ1n) is 53.4. The van der Waals surface area contributed by atoms with Crippen LogP contribution in [0, 0.1) is 61.1 Å². The number of aliphatic hydroxyl groups is 1. The number of hydrogen-bond acceptors (Lipinski definition) is 19. The second-order valence-electron chi connectivity index (χ2n) is 46.3. The maximum atomic E-state index is 12.7. The van der Waals surface area contributed by atoms with E-state index in [9.17, 15) is 70.1 Å². The molecule has 0 bridgehead atoms. The topological polar surface area (TPSA) is 285 Å². The van der Waals surface area contributed by atoms with Crippen molar-refractivity contribution in [3.8, 4) is 40.2 Å². The number of benzene rings is 6. The number of carbonyl (C=O) groups is 7. The van der Waals surface area contributed by atoms with Crippen LogP contribution in [-0.4, -0.2) is 102 Å². The molecule has 4 aliphatic rings. The van der Waals surface area contributed by atoms with Gasteiger partial charge in [-0.2, -0.15) is 26.3 Å². The number of fused-ring (bicyclic) bond motifs is 1. The van der Waals surface area contributed by atoms with Gasteiger partial charge in [-0.1, -0.05) is 194 Å². The molecule has 5 N–H and O–H groups in total. The first-order chi connectivity index (χ1) is 67.2. The van der Waals surface area contributed by atoms with E-state index < -0.39 is 45.7 Å². The molecule has 0 saturated heterocycles. The first-order valence-corrected chi connectivity index (χ1v) is 53.4. The third-order valence-electron chi connectivity index (χ3n) is 31.8. The van der Waals surface area contributed by atoms with Gasteiger partial charge in [0.25, 0.3) is 5.60 Å². The zero-order chi connectivity index (χ0) is 112. The average Bonchev–Trinajstić information content (AvgIpc) is 1.75. The number of hydrogen-bond donors (Lipinski definition) is 5. The van der Waals surface area contributed by atoms with Crippen LogP contribution in [0.15, 0.2) is 133 Å². The summed E-state index contributed by atoms with van der Waals surface area (Å²) in [5.41, 5.74) is -7.65. The summed E-state index contributed by atoms with van der Waals surface area (Å²) in [5.74, 6) is 2.87. The van der Waals surface area contributed by atoms with Gasteiger partial charge in [0, 0.05) is 11.0 Å². The smallest absolute Gasteiger partial charge is 0.430 e. The molecule has 6 aromatic rings. The predicted molar refractivity (Wildman–Crippen MR) is 580 cm³/mol. The summed E-state index contributed by atoms with van der Waals surface area (Å²) < 4.78 is 115. The van der Waals surface area contributed by atoms with E-state index in [0.717, 1.165) is 127 Å². The van der Waals surface area contributed by atoms with Crippen molar-refractivity contribution in [2.75, 3.05) is 0 Å². The van der Waals surface area contributed by atoms with Crippen LogP contribution in [0.3, 0.4) is 0 Å². The van der Waals surface area contributed by atoms with Gasteiger partial charge in [0.1, 0.15) is 62.7 Å². The molecule has 0 aromatic heterocycles. The van der Waals surface area contributed by atoms with Crippen LogP contribution in [0.1, 0.15) is 438 Å². The zero-order valence-electron chi connectivity index (χ0n) is 95.2. The number of alkyl halides is 6. The summed E-state index contributed by atoms with van der Waals surface area (Å²) in [6.45, 7) is 68.5. The number of carbonyl (C=O) groups excluding carboxylic acids is 7. The maximum absolute atomic E-state index is 12.7. The van der Waals surface area contributed by atoms with Crippen molar-refractivity contribution in [1.82, 2.24) is 0 Å². The second kappa shape index (κ2) is 58.3. The van der Waals surface area contributed by atoms with Crippen LogP contribution >= 0.6 is 0 Å². The minimum absolute atomic E-state index is 0. The Morgan fingerprint density at radius 3 is 0.776 bits per heavy atom. The molecule has 4 aliphatic carbocycles. The summed E-state index contributed by atoms with van der Waals surface area (Å²) in [7, 11) is 0. The van der Waals surface area contributed by atoms with Crippen LogP contribution < -0.4 is 14.2 Å². The van der Waals surface area contributed by atoms with E-state index >= 15 is 0 Å². The molecule has 2 unspecified atom stereocenters. The Morgan fingerprint density at radius 2 is 0.517 bits per heavy atom. The number of ether oxygens (including phenoxy) is 7. The fourth-order valence-electron chi connectivity index (χ4n) is 15.6. The third kappa shape index (κ3) is 39.7. The van der Waals surface area contributed by atoms with Gasteiger partial charge in [0.05, 0.1) is 37.9 Å². The molecule has 2 atom stereocenters. The Balaban J connectivity index is 0.000000831. The number of rotatable bonds is 31. The minimum Gasteiger partial charge on any atom is -0.508 e. The summed E-state index contributed by atoms with van der Waals surface area (Å²) >= 11 is 0. The van der Waals surface area contributed by atoms with Gasteiger partial charge in [-0.3, -0.25) is 33.6 Å². The Morgan fingerprint density at radius 1 is 0.293 bits per heavy atom. The summed E-state index contributed by atoms with van der Waals surface area (Å²) in [5, 5.41) is 48.0. The molecule has 0 aliphatic heterocycles. The molecule has 0 spiro atoms. The lowest BCUT2D eigenvalue weighted by molar-refractivity contribution is -0.376. The summed E-state index contributed by atoms with van der Waals surface area (Å²) in [6.07, 6.45) is 14.4. The van der Waals surface area contributed by atoms with Crippen molar-refractivity contribution < 1.29 is 119 Å². The Hall–Kier alpha value is -9.39. The Kier molecular flexibility index (Phi) is 53.8. The lowest BCUT2D eigenvalue weighted by atomic mass is 9.71. The molecule has 6 aromatic carbocycles. The molecule has 0 radical (unpaired) electrons. The van der Waals surface area contributed by atoms with E-state index in [1.807, 2.05) is 143 Å². The normalized spacial score (nSPS) is 15.8. The van der Waals surface area contributed by atoms with Gasteiger partial charge in [-0.05, 0) is 400 Å². The predicted octanol–water partition coefficient (Wildman–Crippen LogP) is 33.9. The first kappa shape index (κ1) is 136. The van der Waals surface area contributed by atoms with Gasteiger partial charge in [0.2, 0.25) is 0 Å². The highest BCUT2D eigenvalue weighted by molar-refractivity contribution is 5.85. The van der Waals surface area contributed by atoms with Gasteiger partial charge < -0.3 is 58.7 Å². The fourth-order valence-corrected chi connectivity index (χ4v) is 15.6. The molecule has 0 amide bonds. The average molecular weight is 2070 g/mol. The van der Waals surface area contributed by atoms with Crippen molar-refractivity contribution in [2.24, 2.45) is 61.1 Å². The minimum atomic E-state index is -5.96. The molecular weight excluding hydrogens is 1880 g/mol. The van der Waals surface area contributed by atoms with Crippen LogP contribution in [-0.2, 0) is 58.1 Å². The summed E-state index contributed by atoms with van der Waals surface area (Å²) in [4.78, 5) is 84.0. The van der Waals surface area contributed by atoms with Crippen LogP contribution in [0.5, 0.6) is 40.2 Å². The van der Waals surface area contributed by atoms with Crippen LogP contribution in [0.4, 0.5) is 26.3 Å². The SMILES string of the molecule is C.CCC(C)(C)C(=O)OC1(C(C)(C)CC)CCCC1.CCC(C)(C)C(=O)OC1(C(C)C)CCCC1.CCC(C)(C)C(=O)OC1(C(C)C)CCCC1.CCC(C)(C)C(=O)OC1(C(C)C)CCCC1.CCC(C)(C)C(=O)Oc1ccc(C(O)(C(F)(F)F)C(F)(F)F)cc1.CCC(C)(C)C(=O)Oc1ccc(O)cc1.CCC(C)(C)C(=O)Oc1ccc(O)cc1.CCC(C)c1ccc(O)cc1.CCC(C)c1ccc2cc(O)ccc2c1. The molecule has 834 valence electrons. The van der Waals surface area contributed by atoms with Gasteiger partial charge in [0.15, 0.2) is 0 Å². The quantitative estimate of drug-likeness (QED) is 0.0117.